The van der Waals surface area contributed by atoms with E-state index in [1.165, 1.54) is 40.4 Å². The molecule has 2 rings (SSSR count). The number of methoxy groups -OCH3 is 3. The number of hydrogen-bond donors (Lipinski definition) is 1. The van der Waals surface area contributed by atoms with Gasteiger partial charge in [0.05, 0.1) is 33.3 Å². The summed E-state index contributed by atoms with van der Waals surface area (Å²) in [5.74, 6) is 0.191. The highest BCUT2D eigenvalue weighted by molar-refractivity contribution is 7.92. The van der Waals surface area contributed by atoms with Gasteiger partial charge in [-0.05, 0) is 43.3 Å². The second-order valence-electron chi connectivity index (χ2n) is 6.42. The molecular weight excluding hydrogens is 415 g/mol. The van der Waals surface area contributed by atoms with Crippen LogP contribution in [0.5, 0.6) is 17.2 Å². The number of ether oxygens (including phenoxy) is 3. The second-order valence-corrected chi connectivity index (χ2v) is 8.28. The van der Waals surface area contributed by atoms with Gasteiger partial charge in [-0.3, -0.25) is 9.10 Å². The van der Waals surface area contributed by atoms with E-state index >= 15 is 0 Å². The lowest BCUT2D eigenvalue weighted by atomic mass is 10.1. The first-order valence-corrected chi connectivity index (χ1v) is 10.8. The van der Waals surface area contributed by atoms with E-state index in [0.717, 1.165) is 22.7 Å². The molecule has 0 heterocycles. The fraction of sp³-hybridized carbons (Fsp3) is 0.350. The quantitative estimate of drug-likeness (QED) is 0.643. The van der Waals surface area contributed by atoms with Crippen LogP contribution in [0.25, 0.3) is 0 Å². The van der Waals surface area contributed by atoms with Crippen LogP contribution in [0.4, 0.5) is 10.1 Å². The summed E-state index contributed by atoms with van der Waals surface area (Å²) < 4.78 is 54.7. The zero-order valence-corrected chi connectivity index (χ0v) is 18.2. The van der Waals surface area contributed by atoms with Gasteiger partial charge in [-0.25, -0.2) is 12.8 Å². The fourth-order valence-corrected chi connectivity index (χ4v) is 4.20. The molecule has 2 aromatic rings. The Morgan fingerprint density at radius 3 is 2.13 bits per heavy atom. The van der Waals surface area contributed by atoms with E-state index < -0.39 is 27.8 Å². The van der Waals surface area contributed by atoms with Crippen molar-refractivity contribution < 1.29 is 31.8 Å². The molecule has 0 unspecified atom stereocenters. The van der Waals surface area contributed by atoms with Gasteiger partial charge in [0, 0.05) is 12.1 Å². The third-order valence-corrected chi connectivity index (χ3v) is 5.65. The maximum Gasteiger partial charge on any atom is 0.243 e. The first kappa shape index (κ1) is 23.3. The maximum atomic E-state index is 13.2. The first-order valence-electron chi connectivity index (χ1n) is 8.94. The number of nitrogens with zero attached hydrogens (tertiary/aromatic N) is 1. The molecule has 0 aliphatic heterocycles. The summed E-state index contributed by atoms with van der Waals surface area (Å²) in [5.41, 5.74) is 0.800. The van der Waals surface area contributed by atoms with Crippen LogP contribution in [-0.4, -0.2) is 48.0 Å². The molecule has 0 aliphatic carbocycles. The van der Waals surface area contributed by atoms with Crippen molar-refractivity contribution in [3.05, 3.63) is 47.8 Å². The predicted molar refractivity (Wildman–Crippen MR) is 111 cm³/mol. The zero-order chi connectivity index (χ0) is 22.5. The molecule has 0 fully saturated rings. The van der Waals surface area contributed by atoms with Crippen molar-refractivity contribution >= 4 is 21.6 Å². The minimum Gasteiger partial charge on any atom is -0.493 e. The van der Waals surface area contributed by atoms with Crippen LogP contribution in [0, 0.1) is 5.82 Å². The van der Waals surface area contributed by atoms with E-state index in [0.29, 0.717) is 22.8 Å². The SMILES string of the molecule is COc1ccc(CNC(=O)[C@H](C)N(c2ccc(F)cc2)S(C)(=O)=O)c(OC)c1OC. The van der Waals surface area contributed by atoms with Gasteiger partial charge in [0.1, 0.15) is 11.9 Å². The third kappa shape index (κ3) is 5.12. The Hall–Kier alpha value is -3.01. The maximum absolute atomic E-state index is 13.2. The van der Waals surface area contributed by atoms with Gasteiger partial charge in [-0.15, -0.1) is 0 Å². The van der Waals surface area contributed by atoms with Crippen LogP contribution in [-0.2, 0) is 21.4 Å². The highest BCUT2D eigenvalue weighted by atomic mass is 32.2. The molecular formula is C20H25FN2O6S. The summed E-state index contributed by atoms with van der Waals surface area (Å²) in [6.07, 6.45) is 0.984. The summed E-state index contributed by atoms with van der Waals surface area (Å²) in [4.78, 5) is 12.7. The van der Waals surface area contributed by atoms with Gasteiger partial charge in [0.25, 0.3) is 0 Å². The van der Waals surface area contributed by atoms with Crippen LogP contribution in [0.2, 0.25) is 0 Å². The number of anilines is 1. The predicted octanol–water partition coefficient (Wildman–Crippen LogP) is 2.32. The Kier molecular flexibility index (Phi) is 7.49. The summed E-state index contributed by atoms with van der Waals surface area (Å²) in [5, 5.41) is 2.70. The van der Waals surface area contributed by atoms with Crippen molar-refractivity contribution in [1.82, 2.24) is 5.32 Å². The molecule has 0 saturated carbocycles. The minimum atomic E-state index is -3.80. The average molecular weight is 440 g/mol. The standard InChI is InChI=1S/C20H25FN2O6S/c1-13(23(30(5,25)26)16-9-7-15(21)8-10-16)20(24)22-12-14-6-11-17(27-2)19(29-4)18(14)28-3/h6-11,13H,12H2,1-5H3,(H,22,24)/t13-/m0/s1. The van der Waals surface area contributed by atoms with Crippen molar-refractivity contribution in [3.8, 4) is 17.2 Å². The number of benzene rings is 2. The van der Waals surface area contributed by atoms with Gasteiger partial charge in [-0.1, -0.05) is 0 Å². The van der Waals surface area contributed by atoms with Gasteiger partial charge >= 0.3 is 0 Å². The highest BCUT2D eigenvalue weighted by Gasteiger charge is 2.29. The Bertz CT molecular complexity index is 995. The van der Waals surface area contributed by atoms with E-state index in [1.807, 2.05) is 0 Å². The lowest BCUT2D eigenvalue weighted by Crippen LogP contribution is -2.47. The van der Waals surface area contributed by atoms with Crippen LogP contribution in [0.1, 0.15) is 12.5 Å². The van der Waals surface area contributed by atoms with Crippen LogP contribution < -0.4 is 23.8 Å². The molecule has 164 valence electrons. The minimum absolute atomic E-state index is 0.0632. The summed E-state index contributed by atoms with van der Waals surface area (Å²) in [7, 11) is 0.627. The Balaban J connectivity index is 2.25. The number of carbonyl (C=O) groups excluding carboxylic acids is 1. The van der Waals surface area contributed by atoms with Crippen LogP contribution >= 0.6 is 0 Å². The number of sulfonamides is 1. The smallest absolute Gasteiger partial charge is 0.243 e. The molecule has 30 heavy (non-hydrogen) atoms. The number of hydrogen-bond acceptors (Lipinski definition) is 6. The highest BCUT2D eigenvalue weighted by Crippen LogP contribution is 2.39. The molecule has 0 radical (unpaired) electrons. The van der Waals surface area contributed by atoms with Crippen molar-refractivity contribution in [2.45, 2.75) is 19.5 Å². The average Bonchev–Trinajstić information content (AvgIpc) is 2.71. The summed E-state index contributed by atoms with van der Waals surface area (Å²) in [6.45, 7) is 1.51. The van der Waals surface area contributed by atoms with Gasteiger partial charge < -0.3 is 19.5 Å². The summed E-state index contributed by atoms with van der Waals surface area (Å²) >= 11 is 0. The molecule has 0 spiro atoms. The molecule has 2 aromatic carbocycles. The Morgan fingerprint density at radius 2 is 1.63 bits per heavy atom. The normalized spacial score (nSPS) is 12.1. The lowest BCUT2D eigenvalue weighted by molar-refractivity contribution is -0.122. The van der Waals surface area contributed by atoms with E-state index in [-0.39, 0.29) is 12.2 Å². The van der Waals surface area contributed by atoms with Crippen LogP contribution in [0.3, 0.4) is 0 Å². The molecule has 8 nitrogen and oxygen atoms in total. The van der Waals surface area contributed by atoms with Crippen molar-refractivity contribution in [2.75, 3.05) is 31.9 Å². The lowest BCUT2D eigenvalue weighted by Gasteiger charge is -2.28. The van der Waals surface area contributed by atoms with E-state index in [4.69, 9.17) is 14.2 Å². The number of nitrogens with one attached hydrogen (secondary N) is 1. The molecule has 0 bridgehead atoms. The van der Waals surface area contributed by atoms with E-state index in [1.54, 1.807) is 12.1 Å². The van der Waals surface area contributed by atoms with Crippen LogP contribution in [0.15, 0.2) is 36.4 Å². The fourth-order valence-electron chi connectivity index (χ4n) is 3.03. The largest absolute Gasteiger partial charge is 0.493 e. The number of rotatable bonds is 9. The number of amides is 1. The van der Waals surface area contributed by atoms with Gasteiger partial charge in [0.15, 0.2) is 11.5 Å². The Morgan fingerprint density at radius 1 is 1.03 bits per heavy atom. The third-order valence-electron chi connectivity index (χ3n) is 4.41. The zero-order valence-electron chi connectivity index (χ0n) is 17.4. The van der Waals surface area contributed by atoms with Crippen molar-refractivity contribution in [3.63, 3.8) is 0 Å². The van der Waals surface area contributed by atoms with Gasteiger partial charge in [-0.2, -0.15) is 0 Å². The number of halogens is 1. The van der Waals surface area contributed by atoms with Crippen molar-refractivity contribution in [1.29, 1.82) is 0 Å². The summed E-state index contributed by atoms with van der Waals surface area (Å²) in [6, 6.07) is 7.18. The van der Waals surface area contributed by atoms with E-state index in [9.17, 15) is 17.6 Å². The van der Waals surface area contributed by atoms with E-state index in [2.05, 4.69) is 5.32 Å². The van der Waals surface area contributed by atoms with Gasteiger partial charge in [0.2, 0.25) is 21.7 Å². The molecule has 1 atom stereocenters. The Labute approximate surface area is 175 Å². The molecule has 0 aliphatic rings. The first-order chi connectivity index (χ1) is 14.1. The second kappa shape index (κ2) is 9.66. The van der Waals surface area contributed by atoms with Crippen molar-refractivity contribution in [2.24, 2.45) is 0 Å². The topological polar surface area (TPSA) is 94.2 Å². The molecule has 0 aromatic heterocycles. The monoisotopic (exact) mass is 440 g/mol. The molecule has 1 N–H and O–H groups in total. The molecule has 0 saturated heterocycles. The molecule has 10 heteroatoms. The molecule has 1 amide bonds. The number of carbonyl (C=O) groups is 1.